The summed E-state index contributed by atoms with van der Waals surface area (Å²) in [7, 11) is 0. The van der Waals surface area contributed by atoms with Crippen LogP contribution in [-0.4, -0.2) is 76.2 Å². The molecule has 8 nitrogen and oxygen atoms in total. The predicted octanol–water partition coefficient (Wildman–Crippen LogP) is 1.58. The Bertz CT molecular complexity index is 699. The minimum Gasteiger partial charge on any atom is -0.388 e. The molecule has 1 unspecified atom stereocenters. The number of aryl methyl sites for hydroxylation is 1. The maximum atomic E-state index is 12.8. The summed E-state index contributed by atoms with van der Waals surface area (Å²) in [5, 5.41) is 18.1. The molecule has 8 heteroatoms. The van der Waals surface area contributed by atoms with Gasteiger partial charge in [0.15, 0.2) is 0 Å². The number of β-amino-alcohol motifs (C(OH)–C–C–N with tert-alkyl or cyclic N) is 1. The zero-order valence-electron chi connectivity index (χ0n) is 17.7. The number of likely N-dealkylation sites (tertiary alicyclic amines) is 2. The van der Waals surface area contributed by atoms with Crippen molar-refractivity contribution in [3.05, 3.63) is 17.5 Å². The highest BCUT2D eigenvalue weighted by Gasteiger charge is 2.35. The maximum Gasteiger partial charge on any atom is 0.292 e. The number of carbonyl (C=O) groups is 2. The first-order valence-electron chi connectivity index (χ1n) is 10.9. The van der Waals surface area contributed by atoms with Crippen LogP contribution in [0.5, 0.6) is 0 Å². The van der Waals surface area contributed by atoms with Gasteiger partial charge in [-0.15, -0.1) is 0 Å². The summed E-state index contributed by atoms with van der Waals surface area (Å²) in [6.07, 6.45) is 5.58. The first kappa shape index (κ1) is 21.8. The second kappa shape index (κ2) is 9.71. The standard InChI is InChI=1S/C21H34N4O4/c1-3-5-18-14-19(29-23-18)20(27)25-10-4-8-21(28,9-13-25)15-24-11-6-17(7-12-24)22-16(2)26/h14,17,28H,3-13,15H2,1-2H3,(H,22,26). The fraction of sp³-hybridized carbons (Fsp3) is 0.762. The molecule has 2 saturated heterocycles. The van der Waals surface area contributed by atoms with Gasteiger partial charge in [0.2, 0.25) is 11.7 Å². The van der Waals surface area contributed by atoms with Gasteiger partial charge in [-0.05, 0) is 38.5 Å². The summed E-state index contributed by atoms with van der Waals surface area (Å²) in [4.78, 5) is 28.0. The van der Waals surface area contributed by atoms with Crippen molar-refractivity contribution < 1.29 is 19.2 Å². The van der Waals surface area contributed by atoms with E-state index in [4.69, 9.17) is 4.52 Å². The normalized spacial score (nSPS) is 24.3. The van der Waals surface area contributed by atoms with Crippen molar-refractivity contribution in [3.63, 3.8) is 0 Å². The lowest BCUT2D eigenvalue weighted by Gasteiger charge is -2.38. The Hall–Kier alpha value is -1.93. The van der Waals surface area contributed by atoms with Crippen molar-refractivity contribution in [1.29, 1.82) is 0 Å². The number of aromatic nitrogens is 1. The summed E-state index contributed by atoms with van der Waals surface area (Å²) in [5.74, 6) is 0.170. The Morgan fingerprint density at radius 2 is 2.03 bits per heavy atom. The lowest BCUT2D eigenvalue weighted by molar-refractivity contribution is -0.120. The van der Waals surface area contributed by atoms with E-state index in [2.05, 4.69) is 22.3 Å². The Labute approximate surface area is 172 Å². The first-order valence-corrected chi connectivity index (χ1v) is 10.9. The number of nitrogens with one attached hydrogen (secondary N) is 1. The van der Waals surface area contributed by atoms with E-state index in [-0.39, 0.29) is 17.9 Å². The maximum absolute atomic E-state index is 12.8. The number of piperidine rings is 1. The molecule has 0 aliphatic carbocycles. The molecule has 2 amide bonds. The fourth-order valence-electron chi connectivity index (χ4n) is 4.42. The number of hydrogen-bond acceptors (Lipinski definition) is 6. The SMILES string of the molecule is CCCc1cc(C(=O)N2CCCC(O)(CN3CCC(NC(C)=O)CC3)CC2)on1. The van der Waals surface area contributed by atoms with Crippen LogP contribution in [-0.2, 0) is 11.2 Å². The summed E-state index contributed by atoms with van der Waals surface area (Å²) in [6, 6.07) is 1.97. The second-order valence-corrected chi connectivity index (χ2v) is 8.55. The van der Waals surface area contributed by atoms with Crippen molar-refractivity contribution in [1.82, 2.24) is 20.3 Å². The van der Waals surface area contributed by atoms with E-state index in [0.29, 0.717) is 38.2 Å². The van der Waals surface area contributed by atoms with Crippen LogP contribution in [0.15, 0.2) is 10.6 Å². The molecular formula is C21H34N4O4. The van der Waals surface area contributed by atoms with E-state index in [1.807, 2.05) is 0 Å². The third-order valence-electron chi connectivity index (χ3n) is 5.99. The van der Waals surface area contributed by atoms with Crippen molar-refractivity contribution in [2.24, 2.45) is 0 Å². The van der Waals surface area contributed by atoms with Gasteiger partial charge in [-0.2, -0.15) is 0 Å². The van der Waals surface area contributed by atoms with Gasteiger partial charge in [0.25, 0.3) is 5.91 Å². The zero-order valence-corrected chi connectivity index (χ0v) is 17.7. The highest BCUT2D eigenvalue weighted by Crippen LogP contribution is 2.26. The van der Waals surface area contributed by atoms with Gasteiger partial charge < -0.3 is 24.7 Å². The van der Waals surface area contributed by atoms with Gasteiger partial charge in [0.05, 0.1) is 11.3 Å². The average molecular weight is 407 g/mol. The van der Waals surface area contributed by atoms with Crippen LogP contribution in [0.3, 0.4) is 0 Å². The van der Waals surface area contributed by atoms with Gasteiger partial charge in [-0.3, -0.25) is 9.59 Å². The van der Waals surface area contributed by atoms with Gasteiger partial charge in [-0.1, -0.05) is 18.5 Å². The van der Waals surface area contributed by atoms with Gasteiger partial charge in [0.1, 0.15) is 0 Å². The second-order valence-electron chi connectivity index (χ2n) is 8.55. The molecule has 0 aromatic carbocycles. The molecule has 2 N–H and O–H groups in total. The van der Waals surface area contributed by atoms with E-state index in [9.17, 15) is 14.7 Å². The summed E-state index contributed by atoms with van der Waals surface area (Å²) in [6.45, 7) is 7.11. The molecule has 29 heavy (non-hydrogen) atoms. The minimum absolute atomic E-state index is 0.0178. The number of carbonyl (C=O) groups excluding carboxylic acids is 2. The van der Waals surface area contributed by atoms with Gasteiger partial charge in [-0.25, -0.2) is 0 Å². The van der Waals surface area contributed by atoms with Crippen LogP contribution < -0.4 is 5.32 Å². The number of aliphatic hydroxyl groups is 1. The van der Waals surface area contributed by atoms with Crippen LogP contribution in [0.1, 0.15) is 68.6 Å². The van der Waals surface area contributed by atoms with Crippen LogP contribution in [0.4, 0.5) is 0 Å². The van der Waals surface area contributed by atoms with E-state index in [1.165, 1.54) is 0 Å². The van der Waals surface area contributed by atoms with E-state index >= 15 is 0 Å². The molecule has 0 saturated carbocycles. The van der Waals surface area contributed by atoms with E-state index < -0.39 is 5.60 Å². The van der Waals surface area contributed by atoms with Gasteiger partial charge >= 0.3 is 0 Å². The summed E-state index contributed by atoms with van der Waals surface area (Å²) in [5.41, 5.74) is 0.0230. The fourth-order valence-corrected chi connectivity index (χ4v) is 4.42. The lowest BCUT2D eigenvalue weighted by atomic mass is 9.93. The van der Waals surface area contributed by atoms with Crippen LogP contribution >= 0.6 is 0 Å². The average Bonchev–Trinajstić information content (AvgIpc) is 3.05. The Balaban J connectivity index is 1.50. The van der Waals surface area contributed by atoms with Crippen LogP contribution in [0.2, 0.25) is 0 Å². The summed E-state index contributed by atoms with van der Waals surface area (Å²) < 4.78 is 5.24. The van der Waals surface area contributed by atoms with E-state index in [0.717, 1.165) is 50.9 Å². The number of hydrogen-bond donors (Lipinski definition) is 2. The molecular weight excluding hydrogens is 372 g/mol. The molecule has 162 valence electrons. The van der Waals surface area contributed by atoms with Crippen molar-refractivity contribution >= 4 is 11.8 Å². The molecule has 3 heterocycles. The smallest absolute Gasteiger partial charge is 0.292 e. The Morgan fingerprint density at radius 3 is 2.72 bits per heavy atom. The minimum atomic E-state index is -0.787. The Morgan fingerprint density at radius 1 is 1.28 bits per heavy atom. The molecule has 2 fully saturated rings. The largest absolute Gasteiger partial charge is 0.388 e. The lowest BCUT2D eigenvalue weighted by Crippen LogP contribution is -2.50. The molecule has 3 rings (SSSR count). The third kappa shape index (κ3) is 6.02. The van der Waals surface area contributed by atoms with Gasteiger partial charge in [0, 0.05) is 51.8 Å². The number of nitrogens with zero attached hydrogens (tertiary/aromatic N) is 3. The molecule has 0 bridgehead atoms. The molecule has 1 aromatic heterocycles. The van der Waals surface area contributed by atoms with Crippen molar-refractivity contribution in [3.8, 4) is 0 Å². The first-order chi connectivity index (χ1) is 13.9. The zero-order chi connectivity index (χ0) is 20.9. The molecule has 0 spiro atoms. The highest BCUT2D eigenvalue weighted by molar-refractivity contribution is 5.91. The summed E-state index contributed by atoms with van der Waals surface area (Å²) >= 11 is 0. The predicted molar refractivity (Wildman–Crippen MR) is 108 cm³/mol. The van der Waals surface area contributed by atoms with Crippen LogP contribution in [0.25, 0.3) is 0 Å². The number of rotatable bonds is 6. The molecule has 2 aliphatic heterocycles. The molecule has 2 aliphatic rings. The third-order valence-corrected chi connectivity index (χ3v) is 5.99. The topological polar surface area (TPSA) is 98.9 Å². The van der Waals surface area contributed by atoms with Crippen LogP contribution in [0, 0.1) is 0 Å². The number of amides is 2. The molecule has 1 atom stereocenters. The quantitative estimate of drug-likeness (QED) is 0.744. The van der Waals surface area contributed by atoms with Crippen molar-refractivity contribution in [2.45, 2.75) is 70.4 Å². The van der Waals surface area contributed by atoms with E-state index in [1.54, 1.807) is 17.9 Å². The monoisotopic (exact) mass is 406 g/mol. The molecule has 0 radical (unpaired) electrons. The van der Waals surface area contributed by atoms with Crippen molar-refractivity contribution in [2.75, 3.05) is 32.7 Å². The molecule has 1 aromatic rings. The highest BCUT2D eigenvalue weighted by atomic mass is 16.5. The Kier molecular flexibility index (Phi) is 7.29.